The number of para-hydroxylation sites is 1. The molecule has 0 aromatic heterocycles. The zero-order valence-corrected chi connectivity index (χ0v) is 13.0. The lowest BCUT2D eigenvalue weighted by atomic mass is 9.86. The highest BCUT2D eigenvalue weighted by Crippen LogP contribution is 2.40. The van der Waals surface area contributed by atoms with Crippen LogP contribution in [0, 0.1) is 0 Å². The number of aliphatic hydroxyl groups excluding tert-OH is 1. The molecular formula is C18H20O2S. The van der Waals surface area contributed by atoms with Gasteiger partial charge in [0.15, 0.2) is 0 Å². The Morgan fingerprint density at radius 2 is 1.95 bits per heavy atom. The summed E-state index contributed by atoms with van der Waals surface area (Å²) in [6.07, 6.45) is 3.34. The van der Waals surface area contributed by atoms with Crippen molar-refractivity contribution in [1.82, 2.24) is 0 Å². The Balaban J connectivity index is 1.81. The quantitative estimate of drug-likeness (QED) is 0.849. The minimum Gasteiger partial charge on any atom is -0.493 e. The predicted molar refractivity (Wildman–Crippen MR) is 87.1 cm³/mol. The molecule has 0 radical (unpaired) electrons. The van der Waals surface area contributed by atoms with E-state index in [9.17, 15) is 5.11 Å². The predicted octanol–water partition coefficient (Wildman–Crippen LogP) is 4.40. The maximum Gasteiger partial charge on any atom is 0.122 e. The van der Waals surface area contributed by atoms with Crippen molar-refractivity contribution in [2.75, 3.05) is 12.9 Å². The second-order valence-electron chi connectivity index (χ2n) is 5.37. The molecule has 0 fully saturated rings. The second kappa shape index (κ2) is 6.54. The van der Waals surface area contributed by atoms with Crippen LogP contribution in [0.5, 0.6) is 5.75 Å². The number of rotatable bonds is 4. The Labute approximate surface area is 130 Å². The fourth-order valence-electron chi connectivity index (χ4n) is 3.00. The molecule has 2 unspecified atom stereocenters. The van der Waals surface area contributed by atoms with Crippen molar-refractivity contribution in [3.63, 3.8) is 0 Å². The van der Waals surface area contributed by atoms with Gasteiger partial charge >= 0.3 is 0 Å². The Morgan fingerprint density at radius 3 is 2.81 bits per heavy atom. The van der Waals surface area contributed by atoms with E-state index in [1.54, 1.807) is 11.8 Å². The van der Waals surface area contributed by atoms with E-state index in [4.69, 9.17) is 4.74 Å². The Morgan fingerprint density at radius 1 is 1.19 bits per heavy atom. The third-order valence-electron chi connectivity index (χ3n) is 4.09. The van der Waals surface area contributed by atoms with E-state index in [0.29, 0.717) is 5.92 Å². The van der Waals surface area contributed by atoms with E-state index in [1.807, 2.05) is 36.4 Å². The minimum atomic E-state index is -0.426. The molecule has 0 aliphatic carbocycles. The lowest BCUT2D eigenvalue weighted by molar-refractivity contribution is 0.142. The first-order valence-corrected chi connectivity index (χ1v) is 8.54. The molecule has 21 heavy (non-hydrogen) atoms. The van der Waals surface area contributed by atoms with E-state index >= 15 is 0 Å². The van der Waals surface area contributed by atoms with Gasteiger partial charge in [0.2, 0.25) is 0 Å². The van der Waals surface area contributed by atoms with Crippen LogP contribution < -0.4 is 4.74 Å². The third-order valence-corrected chi connectivity index (χ3v) is 4.90. The Kier molecular flexibility index (Phi) is 4.51. The van der Waals surface area contributed by atoms with Crippen LogP contribution in [-0.4, -0.2) is 18.0 Å². The molecule has 1 N–H and O–H groups in total. The van der Waals surface area contributed by atoms with Gasteiger partial charge in [0, 0.05) is 4.90 Å². The van der Waals surface area contributed by atoms with Gasteiger partial charge in [-0.25, -0.2) is 0 Å². The topological polar surface area (TPSA) is 29.5 Å². The number of fused-ring (bicyclic) bond motifs is 1. The maximum atomic E-state index is 10.7. The average molecular weight is 300 g/mol. The van der Waals surface area contributed by atoms with Crippen LogP contribution in [0.25, 0.3) is 0 Å². The van der Waals surface area contributed by atoms with Crippen molar-refractivity contribution in [3.8, 4) is 5.75 Å². The van der Waals surface area contributed by atoms with Gasteiger partial charge in [0.25, 0.3) is 0 Å². The van der Waals surface area contributed by atoms with Gasteiger partial charge in [-0.3, -0.25) is 0 Å². The van der Waals surface area contributed by atoms with Gasteiger partial charge in [0.1, 0.15) is 5.75 Å². The fourth-order valence-corrected chi connectivity index (χ4v) is 3.65. The minimum absolute atomic E-state index is 0.361. The third kappa shape index (κ3) is 3.09. The van der Waals surface area contributed by atoms with E-state index in [1.165, 1.54) is 5.56 Å². The van der Waals surface area contributed by atoms with E-state index in [0.717, 1.165) is 35.7 Å². The molecule has 0 amide bonds. The summed E-state index contributed by atoms with van der Waals surface area (Å²) < 4.78 is 5.70. The number of benzene rings is 2. The zero-order chi connectivity index (χ0) is 14.7. The van der Waals surface area contributed by atoms with Crippen LogP contribution in [0.3, 0.4) is 0 Å². The molecule has 2 aromatic carbocycles. The highest BCUT2D eigenvalue weighted by Gasteiger charge is 2.24. The van der Waals surface area contributed by atoms with E-state index in [2.05, 4.69) is 18.4 Å². The van der Waals surface area contributed by atoms with Crippen LogP contribution in [0.4, 0.5) is 0 Å². The molecule has 2 atom stereocenters. The molecular weight excluding hydrogens is 280 g/mol. The molecule has 2 aromatic rings. The van der Waals surface area contributed by atoms with Gasteiger partial charge in [-0.2, -0.15) is 0 Å². The van der Waals surface area contributed by atoms with Crippen LogP contribution in [0.1, 0.15) is 36.0 Å². The summed E-state index contributed by atoms with van der Waals surface area (Å²) in [4.78, 5) is 1.16. The number of ether oxygens (including phenoxy) is 1. The smallest absolute Gasteiger partial charge is 0.122 e. The molecule has 1 heterocycles. The molecule has 1 aliphatic rings. The number of hydrogen-bond acceptors (Lipinski definition) is 3. The summed E-state index contributed by atoms with van der Waals surface area (Å²) in [6.45, 7) is 0.735. The van der Waals surface area contributed by atoms with Crippen molar-refractivity contribution in [1.29, 1.82) is 0 Å². The molecule has 110 valence electrons. The highest BCUT2D eigenvalue weighted by molar-refractivity contribution is 7.98. The van der Waals surface area contributed by atoms with Gasteiger partial charge in [-0.15, -0.1) is 11.8 Å². The summed E-state index contributed by atoms with van der Waals surface area (Å²) in [6, 6.07) is 16.3. The normalized spacial score (nSPS) is 18.7. The first kappa shape index (κ1) is 14.5. The van der Waals surface area contributed by atoms with Gasteiger partial charge < -0.3 is 9.84 Å². The number of aliphatic hydroxyl groups is 1. The van der Waals surface area contributed by atoms with Gasteiger partial charge in [-0.1, -0.05) is 36.4 Å². The van der Waals surface area contributed by atoms with Gasteiger partial charge in [-0.05, 0) is 48.3 Å². The van der Waals surface area contributed by atoms with Crippen LogP contribution in [0.15, 0.2) is 53.4 Å². The first-order valence-electron chi connectivity index (χ1n) is 7.32. The number of thioether (sulfide) groups is 1. The lowest BCUT2D eigenvalue weighted by Crippen LogP contribution is -2.16. The second-order valence-corrected chi connectivity index (χ2v) is 6.21. The summed E-state index contributed by atoms with van der Waals surface area (Å²) in [5.74, 6) is 1.33. The molecule has 0 saturated carbocycles. The monoisotopic (exact) mass is 300 g/mol. The summed E-state index contributed by atoms with van der Waals surface area (Å²) in [5.41, 5.74) is 2.26. The summed E-state index contributed by atoms with van der Waals surface area (Å²) in [5, 5.41) is 10.7. The molecule has 3 heteroatoms. The SMILES string of the molecule is CSc1ccccc1C(O)CC1CCOc2ccccc21. The Bertz CT molecular complexity index is 612. The maximum absolute atomic E-state index is 10.7. The highest BCUT2D eigenvalue weighted by atomic mass is 32.2. The van der Waals surface area contributed by atoms with Crippen molar-refractivity contribution in [3.05, 3.63) is 59.7 Å². The molecule has 0 spiro atoms. The summed E-state index contributed by atoms with van der Waals surface area (Å²) >= 11 is 1.69. The molecule has 3 rings (SSSR count). The van der Waals surface area contributed by atoms with Crippen LogP contribution >= 0.6 is 11.8 Å². The van der Waals surface area contributed by atoms with Crippen LogP contribution in [-0.2, 0) is 0 Å². The molecule has 1 aliphatic heterocycles. The van der Waals surface area contributed by atoms with Gasteiger partial charge in [0.05, 0.1) is 12.7 Å². The standard InChI is InChI=1S/C18H20O2S/c1-21-18-9-5-3-7-15(18)16(19)12-13-10-11-20-17-8-4-2-6-14(13)17/h2-9,13,16,19H,10-12H2,1H3. The molecule has 0 bridgehead atoms. The largest absolute Gasteiger partial charge is 0.493 e. The Hall–Kier alpha value is -1.45. The molecule has 2 nitrogen and oxygen atoms in total. The zero-order valence-electron chi connectivity index (χ0n) is 12.2. The average Bonchev–Trinajstić information content (AvgIpc) is 2.55. The van der Waals surface area contributed by atoms with Crippen molar-refractivity contribution in [2.45, 2.75) is 29.8 Å². The molecule has 0 saturated heterocycles. The van der Waals surface area contributed by atoms with Crippen molar-refractivity contribution < 1.29 is 9.84 Å². The summed E-state index contributed by atoms with van der Waals surface area (Å²) in [7, 11) is 0. The van der Waals surface area contributed by atoms with Crippen LogP contribution in [0.2, 0.25) is 0 Å². The van der Waals surface area contributed by atoms with E-state index in [-0.39, 0.29) is 0 Å². The fraction of sp³-hybridized carbons (Fsp3) is 0.333. The lowest BCUT2D eigenvalue weighted by Gasteiger charge is -2.28. The van der Waals surface area contributed by atoms with Crippen molar-refractivity contribution >= 4 is 11.8 Å². The number of hydrogen-bond donors (Lipinski definition) is 1. The van der Waals surface area contributed by atoms with Crippen molar-refractivity contribution in [2.24, 2.45) is 0 Å². The first-order chi connectivity index (χ1) is 10.3. The van der Waals surface area contributed by atoms with E-state index < -0.39 is 6.10 Å².